The number of hydrogen-bond acceptors (Lipinski definition) is 3. The van der Waals surface area contributed by atoms with E-state index in [1.54, 1.807) is 0 Å². The van der Waals surface area contributed by atoms with Gasteiger partial charge in [0, 0.05) is 56.5 Å². The second-order valence-corrected chi connectivity index (χ2v) is 27.5. The Balaban J connectivity index is 1.10. The Morgan fingerprint density at radius 1 is 0.318 bits per heavy atom. The molecule has 0 atom stereocenters. The van der Waals surface area contributed by atoms with Crippen molar-refractivity contribution in [2.24, 2.45) is 0 Å². The topological polar surface area (TPSA) is 9.72 Å². The smallest absolute Gasteiger partial charge is 0.252 e. The predicted octanol–water partition coefficient (Wildman–Crippen LogP) is 20.4. The van der Waals surface area contributed by atoms with Gasteiger partial charge in [0.15, 0.2) is 0 Å². The van der Waals surface area contributed by atoms with Gasteiger partial charge in [0.25, 0.3) is 6.71 Å². The second kappa shape index (κ2) is 20.0. The lowest BCUT2D eigenvalue weighted by atomic mass is 9.33. The Hall–Kier alpha value is -9.12. The molecule has 0 bridgehead atoms. The first kappa shape index (κ1) is 53.9. The number of rotatable bonds is 8. The second-order valence-electron chi connectivity index (χ2n) is 27.5. The molecule has 0 spiro atoms. The molecule has 1 aliphatic carbocycles. The van der Waals surface area contributed by atoms with Crippen LogP contribution in [-0.2, 0) is 21.7 Å². The molecule has 2 aliphatic heterocycles. The quantitative estimate of drug-likeness (QED) is 0.140. The lowest BCUT2D eigenvalue weighted by Crippen LogP contribution is -2.61. The largest absolute Gasteiger partial charge is 0.311 e. The molecule has 11 aromatic rings. The first-order chi connectivity index (χ1) is 40.8. The van der Waals surface area contributed by atoms with Crippen molar-refractivity contribution in [3.8, 4) is 44.5 Å². The fraction of sp³-hybridized carbons (Fsp3) is 0.185. The average molecular weight is 1100 g/mol. The van der Waals surface area contributed by atoms with Crippen LogP contribution in [0.5, 0.6) is 0 Å². The van der Waals surface area contributed by atoms with Crippen molar-refractivity contribution in [1.29, 1.82) is 0 Å². The van der Waals surface area contributed by atoms with Gasteiger partial charge in [-0.05, 0) is 178 Å². The van der Waals surface area contributed by atoms with Crippen molar-refractivity contribution >= 4 is 74.3 Å². The Labute approximate surface area is 505 Å². The molecule has 3 aliphatic rings. The van der Waals surface area contributed by atoms with Crippen molar-refractivity contribution in [3.05, 3.63) is 277 Å². The molecule has 0 N–H and O–H groups in total. The number of hydrogen-bond donors (Lipinski definition) is 0. The highest BCUT2D eigenvalue weighted by molar-refractivity contribution is 7.00. The van der Waals surface area contributed by atoms with Gasteiger partial charge in [-0.3, -0.25) is 0 Å². The number of anilines is 9. The minimum Gasteiger partial charge on any atom is -0.311 e. The minimum atomic E-state index is -0.254. The Morgan fingerprint density at radius 2 is 0.812 bits per heavy atom. The third-order valence-corrected chi connectivity index (χ3v) is 18.5. The van der Waals surface area contributed by atoms with E-state index in [1.807, 2.05) is 0 Å². The normalized spacial score (nSPS) is 13.8. The van der Waals surface area contributed by atoms with Crippen LogP contribution in [0.15, 0.2) is 249 Å². The summed E-state index contributed by atoms with van der Waals surface area (Å²) in [5.41, 5.74) is 30.1. The van der Waals surface area contributed by atoms with Gasteiger partial charge in [-0.25, -0.2) is 0 Å². The molecule has 2 heterocycles. The van der Waals surface area contributed by atoms with E-state index in [4.69, 9.17) is 0 Å². The summed E-state index contributed by atoms with van der Waals surface area (Å²) in [6.45, 7) is 25.6. The number of fused-ring (bicyclic) bond motifs is 7. The fourth-order valence-corrected chi connectivity index (χ4v) is 13.8. The van der Waals surface area contributed by atoms with E-state index in [1.165, 1.54) is 106 Å². The van der Waals surface area contributed by atoms with E-state index in [0.717, 1.165) is 34.1 Å². The van der Waals surface area contributed by atoms with Crippen LogP contribution in [0.4, 0.5) is 51.2 Å². The molecule has 0 aromatic heterocycles. The zero-order valence-electron chi connectivity index (χ0n) is 51.1. The standard InChI is InChI=1S/C81H74BN3/c1-78(2,3)58-34-40-61(41-35-58)83(62-42-36-59(37-43-62)79(4,5)6)64-44-45-70-74(50-64)85(73-52-69-67(51-66(73)56-27-19-14-20-28-56)65-29-21-22-30-68(65)81(69,10)11)76-49-60(80(7,8)9)48-75-77(76)82(70)71-47-57(54-25-17-13-18-26-54)33-46-72(71)84(75)63-38-31-55(32-39-63)53-23-15-12-16-24-53/h12-52H,1-11H3. The Bertz CT molecular complexity index is 4290. The molecule has 4 heteroatoms. The third-order valence-electron chi connectivity index (χ3n) is 18.5. The fourth-order valence-electron chi connectivity index (χ4n) is 13.8. The monoisotopic (exact) mass is 1100 g/mol. The van der Waals surface area contributed by atoms with Crippen LogP contribution in [0.1, 0.15) is 104 Å². The summed E-state index contributed by atoms with van der Waals surface area (Å²) in [6.07, 6.45) is 0. The molecule has 0 saturated heterocycles. The van der Waals surface area contributed by atoms with Gasteiger partial charge in [0.2, 0.25) is 0 Å². The summed E-state index contributed by atoms with van der Waals surface area (Å²) in [5.74, 6) is 0. The maximum atomic E-state index is 2.69. The zero-order valence-corrected chi connectivity index (χ0v) is 51.1. The summed E-state index contributed by atoms with van der Waals surface area (Å²) in [7, 11) is 0. The van der Waals surface area contributed by atoms with E-state index in [-0.39, 0.29) is 28.4 Å². The summed E-state index contributed by atoms with van der Waals surface area (Å²) in [6, 6.07) is 94.5. The van der Waals surface area contributed by atoms with Crippen LogP contribution in [0.2, 0.25) is 0 Å². The van der Waals surface area contributed by atoms with Crippen LogP contribution < -0.4 is 31.1 Å². The number of benzene rings is 11. The van der Waals surface area contributed by atoms with Crippen LogP contribution in [0.3, 0.4) is 0 Å². The lowest BCUT2D eigenvalue weighted by Gasteiger charge is -2.46. The minimum absolute atomic E-state index is 0.00229. The summed E-state index contributed by atoms with van der Waals surface area (Å²) in [4.78, 5) is 7.75. The molecule has 0 fully saturated rings. The molecule has 0 amide bonds. The van der Waals surface area contributed by atoms with Crippen molar-refractivity contribution in [2.45, 2.75) is 97.8 Å². The van der Waals surface area contributed by atoms with Gasteiger partial charge in [0.1, 0.15) is 0 Å². The summed E-state index contributed by atoms with van der Waals surface area (Å²) in [5, 5.41) is 0. The molecule has 0 radical (unpaired) electrons. The number of nitrogens with zero attached hydrogens (tertiary/aromatic N) is 3. The molecule has 85 heavy (non-hydrogen) atoms. The lowest BCUT2D eigenvalue weighted by molar-refractivity contribution is 0.590. The molecule has 3 nitrogen and oxygen atoms in total. The van der Waals surface area contributed by atoms with Gasteiger partial charge < -0.3 is 14.7 Å². The van der Waals surface area contributed by atoms with E-state index < -0.39 is 0 Å². The van der Waals surface area contributed by atoms with Crippen LogP contribution in [0, 0.1) is 0 Å². The maximum Gasteiger partial charge on any atom is 0.252 e. The molecular weight excluding hydrogens is 1030 g/mol. The van der Waals surface area contributed by atoms with Crippen molar-refractivity contribution < 1.29 is 0 Å². The van der Waals surface area contributed by atoms with Crippen LogP contribution in [-0.4, -0.2) is 6.71 Å². The van der Waals surface area contributed by atoms with Crippen molar-refractivity contribution in [1.82, 2.24) is 0 Å². The van der Waals surface area contributed by atoms with Crippen molar-refractivity contribution in [3.63, 3.8) is 0 Å². The maximum absolute atomic E-state index is 2.69. The predicted molar refractivity (Wildman–Crippen MR) is 365 cm³/mol. The SMILES string of the molecule is CC(C)(C)c1ccc(N(c2ccc(C(C)(C)C)cc2)c2ccc3c(c2)N(c2cc4c(cc2-c2ccccc2)-c2ccccc2C4(C)C)c2cc(C(C)(C)C)cc4c2B3c2cc(-c3ccccc3)ccc2N4c2ccc(-c3ccccc3)cc2)cc1. The Morgan fingerprint density at radius 3 is 1.39 bits per heavy atom. The average Bonchev–Trinajstić information content (AvgIpc) is 1.32. The van der Waals surface area contributed by atoms with E-state index in [2.05, 4.69) is 340 Å². The van der Waals surface area contributed by atoms with Gasteiger partial charge in [-0.2, -0.15) is 0 Å². The molecule has 0 unspecified atom stereocenters. The van der Waals surface area contributed by atoms with Gasteiger partial charge in [-0.15, -0.1) is 0 Å². The molecule has 14 rings (SSSR count). The Kier molecular flexibility index (Phi) is 12.7. The summed E-state index contributed by atoms with van der Waals surface area (Å²) >= 11 is 0. The van der Waals surface area contributed by atoms with Crippen molar-refractivity contribution in [2.75, 3.05) is 14.7 Å². The summed E-state index contributed by atoms with van der Waals surface area (Å²) < 4.78 is 0. The van der Waals surface area contributed by atoms with E-state index in [9.17, 15) is 0 Å². The van der Waals surface area contributed by atoms with Gasteiger partial charge in [-0.1, -0.05) is 246 Å². The molecule has 11 aromatic carbocycles. The van der Waals surface area contributed by atoms with Crippen LogP contribution in [0.25, 0.3) is 44.5 Å². The molecule has 0 saturated carbocycles. The zero-order chi connectivity index (χ0) is 58.7. The van der Waals surface area contributed by atoms with Gasteiger partial charge >= 0.3 is 0 Å². The highest BCUT2D eigenvalue weighted by atomic mass is 15.2. The highest BCUT2D eigenvalue weighted by Gasteiger charge is 2.46. The van der Waals surface area contributed by atoms with E-state index >= 15 is 0 Å². The first-order valence-electron chi connectivity index (χ1n) is 30.4. The molecule has 416 valence electrons. The molecular formula is C81H74BN3. The first-order valence-corrected chi connectivity index (χ1v) is 30.4. The highest BCUT2D eigenvalue weighted by Crippen LogP contribution is 2.55. The third kappa shape index (κ3) is 9.21. The van der Waals surface area contributed by atoms with Gasteiger partial charge in [0.05, 0.1) is 5.69 Å². The van der Waals surface area contributed by atoms with Crippen LogP contribution >= 0.6 is 0 Å². The van der Waals surface area contributed by atoms with E-state index in [0.29, 0.717) is 0 Å².